The molecule has 0 aliphatic rings. The fraction of sp³-hybridized carbons (Fsp3) is 0.214. The summed E-state index contributed by atoms with van der Waals surface area (Å²) in [4.78, 5) is 4.37. The standard InChI is InChI=1S/C14H16N2O2S/c17-19(18,14-6-2-1-3-7-14)10-9-16-12-13-5-4-8-15-11-13/h1-8,11,16H,9-10,12H2. The first-order valence-corrected chi connectivity index (χ1v) is 7.71. The molecule has 0 aliphatic heterocycles. The summed E-state index contributed by atoms with van der Waals surface area (Å²) in [7, 11) is -3.19. The van der Waals surface area contributed by atoms with E-state index in [2.05, 4.69) is 10.3 Å². The second-order valence-electron chi connectivity index (χ2n) is 4.17. The molecule has 1 heterocycles. The Kier molecular flexibility index (Phi) is 4.65. The molecule has 2 rings (SSSR count). The highest BCUT2D eigenvalue weighted by Gasteiger charge is 2.12. The van der Waals surface area contributed by atoms with E-state index < -0.39 is 9.84 Å². The van der Waals surface area contributed by atoms with E-state index >= 15 is 0 Å². The minimum Gasteiger partial charge on any atom is -0.312 e. The second kappa shape index (κ2) is 6.45. The zero-order chi connectivity index (χ0) is 13.6. The van der Waals surface area contributed by atoms with E-state index in [-0.39, 0.29) is 5.75 Å². The summed E-state index contributed by atoms with van der Waals surface area (Å²) in [6.07, 6.45) is 3.47. The maximum atomic E-state index is 12.0. The van der Waals surface area contributed by atoms with Gasteiger partial charge < -0.3 is 5.32 Å². The molecule has 0 spiro atoms. The topological polar surface area (TPSA) is 59.1 Å². The number of rotatable bonds is 6. The van der Waals surface area contributed by atoms with Gasteiger partial charge in [-0.3, -0.25) is 4.98 Å². The van der Waals surface area contributed by atoms with Crippen LogP contribution in [-0.4, -0.2) is 25.7 Å². The van der Waals surface area contributed by atoms with Crippen LogP contribution in [0, 0.1) is 0 Å². The lowest BCUT2D eigenvalue weighted by atomic mass is 10.3. The number of hydrogen-bond donors (Lipinski definition) is 1. The Morgan fingerprint density at radius 1 is 1.05 bits per heavy atom. The molecule has 100 valence electrons. The molecular weight excluding hydrogens is 260 g/mol. The van der Waals surface area contributed by atoms with Gasteiger partial charge in [-0.1, -0.05) is 24.3 Å². The summed E-state index contributed by atoms with van der Waals surface area (Å²) >= 11 is 0. The normalized spacial score (nSPS) is 11.4. The molecule has 0 unspecified atom stereocenters. The summed E-state index contributed by atoms with van der Waals surface area (Å²) < 4.78 is 24.0. The van der Waals surface area contributed by atoms with Gasteiger partial charge in [0.25, 0.3) is 0 Å². The fourth-order valence-corrected chi connectivity index (χ4v) is 2.91. The van der Waals surface area contributed by atoms with Gasteiger partial charge in [0.1, 0.15) is 0 Å². The van der Waals surface area contributed by atoms with Crippen molar-refractivity contribution in [2.24, 2.45) is 0 Å². The van der Waals surface area contributed by atoms with E-state index in [1.807, 2.05) is 12.1 Å². The second-order valence-corrected chi connectivity index (χ2v) is 6.28. The lowest BCUT2D eigenvalue weighted by molar-refractivity contribution is 0.590. The van der Waals surface area contributed by atoms with Crippen LogP contribution in [0.4, 0.5) is 0 Å². The summed E-state index contributed by atoms with van der Waals surface area (Å²) in [5.41, 5.74) is 1.04. The molecule has 4 nitrogen and oxygen atoms in total. The Morgan fingerprint density at radius 2 is 1.84 bits per heavy atom. The lowest BCUT2D eigenvalue weighted by Crippen LogP contribution is -2.22. The van der Waals surface area contributed by atoms with Crippen LogP contribution in [-0.2, 0) is 16.4 Å². The van der Waals surface area contributed by atoms with Crippen LogP contribution in [0.3, 0.4) is 0 Å². The average molecular weight is 276 g/mol. The molecule has 0 amide bonds. The van der Waals surface area contributed by atoms with Crippen molar-refractivity contribution in [2.75, 3.05) is 12.3 Å². The number of nitrogens with zero attached hydrogens (tertiary/aromatic N) is 1. The van der Waals surface area contributed by atoms with E-state index in [0.717, 1.165) is 5.56 Å². The Labute approximate surface area is 113 Å². The third-order valence-electron chi connectivity index (χ3n) is 2.70. The molecule has 0 fully saturated rings. The van der Waals surface area contributed by atoms with Gasteiger partial charge >= 0.3 is 0 Å². The number of aromatic nitrogens is 1. The van der Waals surface area contributed by atoms with Crippen LogP contribution in [0.1, 0.15) is 5.56 Å². The van der Waals surface area contributed by atoms with Gasteiger partial charge in [0.2, 0.25) is 0 Å². The fourth-order valence-electron chi connectivity index (χ4n) is 1.69. The molecule has 1 aromatic carbocycles. The van der Waals surface area contributed by atoms with E-state index in [1.165, 1.54) is 0 Å². The van der Waals surface area contributed by atoms with Gasteiger partial charge in [-0.15, -0.1) is 0 Å². The van der Waals surface area contributed by atoms with Crippen molar-refractivity contribution < 1.29 is 8.42 Å². The summed E-state index contributed by atoms with van der Waals surface area (Å²) in [5, 5.41) is 3.11. The van der Waals surface area contributed by atoms with Crippen LogP contribution in [0.2, 0.25) is 0 Å². The van der Waals surface area contributed by atoms with Gasteiger partial charge in [0, 0.05) is 25.5 Å². The van der Waals surface area contributed by atoms with Crippen LogP contribution < -0.4 is 5.32 Å². The predicted molar refractivity (Wildman–Crippen MR) is 74.4 cm³/mol. The van der Waals surface area contributed by atoms with Gasteiger partial charge in [-0.2, -0.15) is 0 Å². The molecule has 19 heavy (non-hydrogen) atoms. The zero-order valence-corrected chi connectivity index (χ0v) is 11.3. The lowest BCUT2D eigenvalue weighted by Gasteiger charge is -2.06. The van der Waals surface area contributed by atoms with Crippen molar-refractivity contribution in [1.82, 2.24) is 10.3 Å². The van der Waals surface area contributed by atoms with Gasteiger partial charge in [0.15, 0.2) is 9.84 Å². The Bertz CT molecular complexity index is 598. The number of pyridine rings is 1. The van der Waals surface area contributed by atoms with Crippen LogP contribution in [0.25, 0.3) is 0 Å². The number of benzene rings is 1. The van der Waals surface area contributed by atoms with E-state index in [9.17, 15) is 8.42 Å². The highest BCUT2D eigenvalue weighted by Crippen LogP contribution is 2.09. The number of nitrogens with one attached hydrogen (secondary N) is 1. The summed E-state index contributed by atoms with van der Waals surface area (Å²) in [5.74, 6) is 0.0945. The van der Waals surface area contributed by atoms with Crippen LogP contribution in [0.5, 0.6) is 0 Å². The van der Waals surface area contributed by atoms with Crippen molar-refractivity contribution in [2.45, 2.75) is 11.4 Å². The molecule has 0 saturated carbocycles. The number of hydrogen-bond acceptors (Lipinski definition) is 4. The first-order chi connectivity index (χ1) is 9.18. The summed E-state index contributed by atoms with van der Waals surface area (Å²) in [6, 6.07) is 12.3. The predicted octanol–water partition coefficient (Wildman–Crippen LogP) is 1.65. The molecule has 1 aromatic heterocycles. The highest BCUT2D eigenvalue weighted by molar-refractivity contribution is 7.91. The van der Waals surface area contributed by atoms with E-state index in [0.29, 0.717) is 18.0 Å². The minimum absolute atomic E-state index is 0.0945. The molecule has 0 radical (unpaired) electrons. The van der Waals surface area contributed by atoms with E-state index in [1.54, 1.807) is 42.7 Å². The first-order valence-electron chi connectivity index (χ1n) is 6.06. The SMILES string of the molecule is O=S(=O)(CCNCc1cccnc1)c1ccccc1. The average Bonchev–Trinajstić information content (AvgIpc) is 2.46. The van der Waals surface area contributed by atoms with Crippen molar-refractivity contribution in [3.8, 4) is 0 Å². The molecular formula is C14H16N2O2S. The zero-order valence-electron chi connectivity index (χ0n) is 10.5. The van der Waals surface area contributed by atoms with Crippen molar-refractivity contribution >= 4 is 9.84 Å². The molecule has 5 heteroatoms. The number of sulfone groups is 1. The molecule has 0 aliphatic carbocycles. The largest absolute Gasteiger partial charge is 0.312 e. The van der Waals surface area contributed by atoms with Crippen molar-refractivity contribution in [3.05, 3.63) is 60.4 Å². The quantitative estimate of drug-likeness (QED) is 0.815. The highest BCUT2D eigenvalue weighted by atomic mass is 32.2. The third-order valence-corrected chi connectivity index (χ3v) is 4.43. The van der Waals surface area contributed by atoms with Crippen LogP contribution in [0.15, 0.2) is 59.8 Å². The first kappa shape index (κ1) is 13.7. The van der Waals surface area contributed by atoms with Gasteiger partial charge in [-0.25, -0.2) is 8.42 Å². The molecule has 1 N–H and O–H groups in total. The molecule has 2 aromatic rings. The van der Waals surface area contributed by atoms with Gasteiger partial charge in [0.05, 0.1) is 10.6 Å². The Balaban J connectivity index is 1.83. The summed E-state index contributed by atoms with van der Waals surface area (Å²) in [6.45, 7) is 1.05. The van der Waals surface area contributed by atoms with E-state index in [4.69, 9.17) is 0 Å². The van der Waals surface area contributed by atoms with Crippen LogP contribution >= 0.6 is 0 Å². The minimum atomic E-state index is -3.19. The maximum Gasteiger partial charge on any atom is 0.179 e. The molecule has 0 atom stereocenters. The molecule has 0 bridgehead atoms. The van der Waals surface area contributed by atoms with Crippen molar-refractivity contribution in [1.29, 1.82) is 0 Å². The third kappa shape index (κ3) is 4.15. The Morgan fingerprint density at radius 3 is 2.53 bits per heavy atom. The van der Waals surface area contributed by atoms with Gasteiger partial charge in [-0.05, 0) is 23.8 Å². The van der Waals surface area contributed by atoms with Crippen molar-refractivity contribution in [3.63, 3.8) is 0 Å². The maximum absolute atomic E-state index is 12.0. The molecule has 0 saturated heterocycles. The Hall–Kier alpha value is -1.72. The monoisotopic (exact) mass is 276 g/mol. The smallest absolute Gasteiger partial charge is 0.179 e.